The minimum atomic E-state index is -0.710. The third-order valence-electron chi connectivity index (χ3n) is 5.87. The predicted octanol–water partition coefficient (Wildman–Crippen LogP) is 6.79. The van der Waals surface area contributed by atoms with Gasteiger partial charge in [0, 0.05) is 25.2 Å². The number of hydrogen-bond donors (Lipinski definition) is 1. The Bertz CT molecular complexity index is 1430. The molecule has 0 aliphatic carbocycles. The molecule has 0 saturated heterocycles. The Morgan fingerprint density at radius 1 is 0.629 bits per heavy atom. The Morgan fingerprint density at radius 2 is 1.26 bits per heavy atom. The van der Waals surface area contributed by atoms with E-state index in [4.69, 9.17) is 0 Å². The van der Waals surface area contributed by atoms with E-state index in [9.17, 15) is 5.11 Å². The summed E-state index contributed by atoms with van der Waals surface area (Å²) < 4.78 is 0. The van der Waals surface area contributed by atoms with Crippen molar-refractivity contribution in [3.8, 4) is 5.75 Å². The van der Waals surface area contributed by atoms with Crippen LogP contribution < -0.4 is 20.8 Å². The zero-order chi connectivity index (χ0) is 24.2. The molecular formula is C30H26N3OP. The number of benzene rings is 5. The lowest BCUT2D eigenvalue weighted by atomic mass is 10.1. The fourth-order valence-electron chi connectivity index (χ4n) is 4.06. The Labute approximate surface area is 207 Å². The number of rotatable bonds is 6. The Hall–Kier alpha value is -4.01. The first-order valence-electron chi connectivity index (χ1n) is 11.5. The lowest BCUT2D eigenvalue weighted by Crippen LogP contribution is -2.20. The first kappa shape index (κ1) is 22.8. The molecule has 0 atom stereocenters. The van der Waals surface area contributed by atoms with E-state index in [-0.39, 0.29) is 5.75 Å². The summed E-state index contributed by atoms with van der Waals surface area (Å²) in [7, 11) is 3.29. The molecule has 0 radical (unpaired) electrons. The minimum Gasteiger partial charge on any atom is -0.506 e. The average molecular weight is 476 g/mol. The summed E-state index contributed by atoms with van der Waals surface area (Å²) in [6.45, 7) is 0. The molecule has 5 heteroatoms. The summed E-state index contributed by atoms with van der Waals surface area (Å²) in [5, 5.41) is 25.2. The molecule has 5 aromatic carbocycles. The van der Waals surface area contributed by atoms with Crippen molar-refractivity contribution in [1.82, 2.24) is 0 Å². The number of nitrogens with zero attached hydrogens (tertiary/aromatic N) is 3. The molecule has 5 rings (SSSR count). The number of phenolic OH excluding ortho intramolecular Hbond substituents is 1. The molecule has 0 aromatic heterocycles. The lowest BCUT2D eigenvalue weighted by molar-refractivity contribution is 0.477. The third-order valence-corrected chi connectivity index (χ3v) is 8.30. The predicted molar refractivity (Wildman–Crippen MR) is 149 cm³/mol. The van der Waals surface area contributed by atoms with E-state index in [1.165, 1.54) is 15.9 Å². The molecule has 35 heavy (non-hydrogen) atoms. The minimum absolute atomic E-state index is 0.118. The van der Waals surface area contributed by atoms with Gasteiger partial charge in [0.25, 0.3) is 0 Å². The van der Waals surface area contributed by atoms with Gasteiger partial charge in [0.05, 0.1) is 5.69 Å². The highest BCUT2D eigenvalue weighted by Crippen LogP contribution is 2.39. The monoisotopic (exact) mass is 475 g/mol. The molecule has 1 N–H and O–H groups in total. The largest absolute Gasteiger partial charge is 0.506 e. The van der Waals surface area contributed by atoms with Crippen LogP contribution in [-0.2, 0) is 0 Å². The molecule has 0 saturated carbocycles. The van der Waals surface area contributed by atoms with Gasteiger partial charge in [-0.3, -0.25) is 0 Å². The number of aromatic hydroxyl groups is 1. The van der Waals surface area contributed by atoms with Crippen molar-refractivity contribution in [1.29, 1.82) is 0 Å². The summed E-state index contributed by atoms with van der Waals surface area (Å²) in [5.74, 6) is 0.118. The topological polar surface area (TPSA) is 48.2 Å². The lowest BCUT2D eigenvalue weighted by Gasteiger charge is -2.20. The summed E-state index contributed by atoms with van der Waals surface area (Å²) in [6, 6.07) is 39.2. The van der Waals surface area contributed by atoms with Gasteiger partial charge >= 0.3 is 0 Å². The fourth-order valence-corrected chi connectivity index (χ4v) is 6.39. The van der Waals surface area contributed by atoms with Crippen molar-refractivity contribution in [2.24, 2.45) is 10.2 Å². The molecule has 5 aromatic rings. The standard InChI is InChI=1S/C30H26N3OP/c1-33(2)24-16-14-23(15-17-24)31-32-30-28-19-18-27(21-22(28)13-20-29(30)34)35(25-9-5-3-6-10-25)26-11-7-4-8-12-26/h3-21,34H,1-2H3. The maximum absolute atomic E-state index is 10.6. The third kappa shape index (κ3) is 4.94. The van der Waals surface area contributed by atoms with Crippen LogP contribution in [0.25, 0.3) is 10.8 Å². The molecule has 4 nitrogen and oxygen atoms in total. The van der Waals surface area contributed by atoms with Crippen LogP contribution in [0.3, 0.4) is 0 Å². The molecule has 172 valence electrons. The van der Waals surface area contributed by atoms with Gasteiger partial charge in [-0.05, 0) is 65.6 Å². The Morgan fingerprint density at radius 3 is 1.86 bits per heavy atom. The molecule has 0 bridgehead atoms. The van der Waals surface area contributed by atoms with Gasteiger partial charge < -0.3 is 10.0 Å². The van der Waals surface area contributed by atoms with Crippen LogP contribution in [0.15, 0.2) is 125 Å². The second-order valence-electron chi connectivity index (χ2n) is 8.46. The fraction of sp³-hybridized carbons (Fsp3) is 0.0667. The van der Waals surface area contributed by atoms with Crippen LogP contribution >= 0.6 is 7.92 Å². The second-order valence-corrected chi connectivity index (χ2v) is 10.7. The van der Waals surface area contributed by atoms with E-state index >= 15 is 0 Å². The van der Waals surface area contributed by atoms with Gasteiger partial charge in [-0.1, -0.05) is 78.9 Å². The Kier molecular flexibility index (Phi) is 6.56. The molecular weight excluding hydrogens is 449 g/mol. The van der Waals surface area contributed by atoms with Crippen molar-refractivity contribution in [3.05, 3.63) is 115 Å². The van der Waals surface area contributed by atoms with Gasteiger partial charge in [0.15, 0.2) is 0 Å². The van der Waals surface area contributed by atoms with Crippen molar-refractivity contribution < 1.29 is 5.11 Å². The van der Waals surface area contributed by atoms with E-state index in [2.05, 4.69) is 89.1 Å². The average Bonchev–Trinajstić information content (AvgIpc) is 2.90. The van der Waals surface area contributed by atoms with Crippen LogP contribution in [0, 0.1) is 0 Å². The molecule has 0 heterocycles. The summed E-state index contributed by atoms with van der Waals surface area (Å²) in [6.07, 6.45) is 0. The van der Waals surface area contributed by atoms with E-state index in [1.807, 2.05) is 49.3 Å². The van der Waals surface area contributed by atoms with Gasteiger partial charge in [0.1, 0.15) is 11.4 Å². The maximum Gasteiger partial charge on any atom is 0.143 e. The first-order valence-corrected chi connectivity index (χ1v) is 12.8. The van der Waals surface area contributed by atoms with Crippen LogP contribution in [0.1, 0.15) is 0 Å². The maximum atomic E-state index is 10.6. The zero-order valence-electron chi connectivity index (χ0n) is 19.7. The van der Waals surface area contributed by atoms with E-state index in [0.29, 0.717) is 5.69 Å². The summed E-state index contributed by atoms with van der Waals surface area (Å²) in [5.41, 5.74) is 2.31. The second kappa shape index (κ2) is 10.1. The summed E-state index contributed by atoms with van der Waals surface area (Å²) >= 11 is 0. The van der Waals surface area contributed by atoms with Crippen LogP contribution in [0.4, 0.5) is 17.1 Å². The SMILES string of the molecule is CN(C)c1ccc(N=Nc2c(O)ccc3cc(P(c4ccccc4)c4ccccc4)ccc23)cc1. The molecule has 0 aliphatic heterocycles. The van der Waals surface area contributed by atoms with Crippen LogP contribution in [0.5, 0.6) is 5.75 Å². The smallest absolute Gasteiger partial charge is 0.143 e. The van der Waals surface area contributed by atoms with Crippen molar-refractivity contribution >= 4 is 51.7 Å². The number of azo groups is 1. The highest BCUT2D eigenvalue weighted by molar-refractivity contribution is 7.79. The quantitative estimate of drug-likeness (QED) is 0.217. The highest BCUT2D eigenvalue weighted by atomic mass is 31.1. The molecule has 0 aliphatic rings. The number of anilines is 1. The van der Waals surface area contributed by atoms with Crippen LogP contribution in [0.2, 0.25) is 0 Å². The van der Waals surface area contributed by atoms with Gasteiger partial charge in [0.2, 0.25) is 0 Å². The van der Waals surface area contributed by atoms with Gasteiger partial charge in [-0.2, -0.15) is 5.11 Å². The first-order chi connectivity index (χ1) is 17.1. The molecule has 0 spiro atoms. The van der Waals surface area contributed by atoms with E-state index < -0.39 is 7.92 Å². The highest BCUT2D eigenvalue weighted by Gasteiger charge is 2.17. The number of hydrogen-bond acceptors (Lipinski definition) is 4. The summed E-state index contributed by atoms with van der Waals surface area (Å²) in [4.78, 5) is 2.04. The molecule has 0 amide bonds. The number of fused-ring (bicyclic) bond motifs is 1. The van der Waals surface area contributed by atoms with E-state index in [0.717, 1.165) is 22.1 Å². The zero-order valence-corrected chi connectivity index (χ0v) is 20.6. The van der Waals surface area contributed by atoms with Gasteiger partial charge in [-0.25, -0.2) is 0 Å². The normalized spacial score (nSPS) is 11.4. The Balaban J connectivity index is 1.55. The molecule has 0 fully saturated rings. The number of phenols is 1. The van der Waals surface area contributed by atoms with Crippen molar-refractivity contribution in [2.45, 2.75) is 0 Å². The van der Waals surface area contributed by atoms with Crippen LogP contribution in [-0.4, -0.2) is 19.2 Å². The molecule has 0 unspecified atom stereocenters. The van der Waals surface area contributed by atoms with Gasteiger partial charge in [-0.15, -0.1) is 5.11 Å². The van der Waals surface area contributed by atoms with Crippen molar-refractivity contribution in [3.63, 3.8) is 0 Å². The van der Waals surface area contributed by atoms with E-state index in [1.54, 1.807) is 6.07 Å². The van der Waals surface area contributed by atoms with Crippen molar-refractivity contribution in [2.75, 3.05) is 19.0 Å².